The molecule has 0 amide bonds. The molecule has 2 heteroatoms. The number of benzene rings is 1. The molecule has 1 aromatic rings. The van der Waals surface area contributed by atoms with Gasteiger partial charge in [0.2, 0.25) is 0 Å². The molecule has 1 rings (SSSR count). The molecule has 0 fully saturated rings. The second kappa shape index (κ2) is 4.91. The van der Waals surface area contributed by atoms with Crippen LogP contribution >= 0.6 is 0 Å². The van der Waals surface area contributed by atoms with Gasteiger partial charge in [0.15, 0.2) is 5.78 Å². The standard InChI is InChI=1S/C12H17NO/c1-9(13-3)8-11-4-6-12(7-5-11)10(2)14/h4-7,9,13H,8H2,1-3H3. The van der Waals surface area contributed by atoms with Crippen LogP contribution in [0.4, 0.5) is 0 Å². The van der Waals surface area contributed by atoms with E-state index in [0.717, 1.165) is 12.0 Å². The van der Waals surface area contributed by atoms with Gasteiger partial charge in [-0.25, -0.2) is 0 Å². The Morgan fingerprint density at radius 1 is 1.36 bits per heavy atom. The molecule has 1 unspecified atom stereocenters. The number of rotatable bonds is 4. The first-order chi connectivity index (χ1) is 6.63. The van der Waals surface area contributed by atoms with Gasteiger partial charge in [-0.05, 0) is 32.9 Å². The molecule has 0 radical (unpaired) electrons. The van der Waals surface area contributed by atoms with Gasteiger partial charge in [-0.3, -0.25) is 4.79 Å². The average Bonchev–Trinajstić information content (AvgIpc) is 2.18. The van der Waals surface area contributed by atoms with E-state index >= 15 is 0 Å². The van der Waals surface area contributed by atoms with E-state index in [1.54, 1.807) is 6.92 Å². The van der Waals surface area contributed by atoms with Gasteiger partial charge in [0.05, 0.1) is 0 Å². The molecule has 1 atom stereocenters. The lowest BCUT2D eigenvalue weighted by Gasteiger charge is -2.09. The fraction of sp³-hybridized carbons (Fsp3) is 0.417. The van der Waals surface area contributed by atoms with Gasteiger partial charge in [0, 0.05) is 11.6 Å². The highest BCUT2D eigenvalue weighted by atomic mass is 16.1. The van der Waals surface area contributed by atoms with Crippen LogP contribution in [-0.4, -0.2) is 18.9 Å². The topological polar surface area (TPSA) is 29.1 Å². The van der Waals surface area contributed by atoms with E-state index in [9.17, 15) is 4.79 Å². The Labute approximate surface area is 85.3 Å². The van der Waals surface area contributed by atoms with Gasteiger partial charge >= 0.3 is 0 Å². The summed E-state index contributed by atoms with van der Waals surface area (Å²) in [6.45, 7) is 3.73. The smallest absolute Gasteiger partial charge is 0.159 e. The van der Waals surface area contributed by atoms with Crippen molar-refractivity contribution >= 4 is 5.78 Å². The summed E-state index contributed by atoms with van der Waals surface area (Å²) < 4.78 is 0. The van der Waals surface area contributed by atoms with Crippen LogP contribution in [-0.2, 0) is 6.42 Å². The van der Waals surface area contributed by atoms with Gasteiger partial charge < -0.3 is 5.32 Å². The highest BCUT2D eigenvalue weighted by Crippen LogP contribution is 2.07. The van der Waals surface area contributed by atoms with Crippen molar-refractivity contribution in [2.24, 2.45) is 0 Å². The summed E-state index contributed by atoms with van der Waals surface area (Å²) in [5, 5.41) is 3.18. The van der Waals surface area contributed by atoms with Crippen molar-refractivity contribution in [3.05, 3.63) is 35.4 Å². The van der Waals surface area contributed by atoms with Crippen molar-refractivity contribution in [2.75, 3.05) is 7.05 Å². The minimum atomic E-state index is 0.123. The molecule has 0 spiro atoms. The molecule has 1 N–H and O–H groups in total. The summed E-state index contributed by atoms with van der Waals surface area (Å²) in [5.41, 5.74) is 2.04. The Kier molecular flexibility index (Phi) is 3.84. The van der Waals surface area contributed by atoms with Crippen molar-refractivity contribution in [2.45, 2.75) is 26.3 Å². The maximum atomic E-state index is 11.0. The average molecular weight is 191 g/mol. The third-order valence-corrected chi connectivity index (χ3v) is 2.40. The number of likely N-dealkylation sites (N-methyl/N-ethyl adjacent to an activating group) is 1. The monoisotopic (exact) mass is 191 g/mol. The van der Waals surface area contributed by atoms with Crippen molar-refractivity contribution in [1.82, 2.24) is 5.32 Å². The van der Waals surface area contributed by atoms with E-state index in [0.29, 0.717) is 6.04 Å². The summed E-state index contributed by atoms with van der Waals surface area (Å²) in [4.78, 5) is 11.0. The zero-order valence-corrected chi connectivity index (χ0v) is 9.00. The van der Waals surface area contributed by atoms with Gasteiger partial charge in [-0.15, -0.1) is 0 Å². The maximum Gasteiger partial charge on any atom is 0.159 e. The van der Waals surface area contributed by atoms with Crippen molar-refractivity contribution in [3.8, 4) is 0 Å². The number of carbonyl (C=O) groups excluding carboxylic acids is 1. The van der Waals surface area contributed by atoms with Crippen LogP contribution in [0.1, 0.15) is 29.8 Å². The van der Waals surface area contributed by atoms with Crippen LogP contribution in [0.3, 0.4) is 0 Å². The van der Waals surface area contributed by atoms with E-state index in [-0.39, 0.29) is 5.78 Å². The minimum absolute atomic E-state index is 0.123. The normalized spacial score (nSPS) is 12.5. The second-order valence-electron chi connectivity index (χ2n) is 3.65. The van der Waals surface area contributed by atoms with Gasteiger partial charge in [-0.1, -0.05) is 24.3 Å². The van der Waals surface area contributed by atoms with E-state index in [4.69, 9.17) is 0 Å². The number of carbonyl (C=O) groups is 1. The summed E-state index contributed by atoms with van der Waals surface area (Å²) in [5.74, 6) is 0.123. The first-order valence-electron chi connectivity index (χ1n) is 4.90. The molecule has 76 valence electrons. The number of ketones is 1. The van der Waals surface area contributed by atoms with E-state index < -0.39 is 0 Å². The predicted molar refractivity (Wildman–Crippen MR) is 58.7 cm³/mol. The van der Waals surface area contributed by atoms with Gasteiger partial charge in [0.1, 0.15) is 0 Å². The Hall–Kier alpha value is -1.15. The number of hydrogen-bond donors (Lipinski definition) is 1. The van der Waals surface area contributed by atoms with Crippen molar-refractivity contribution in [3.63, 3.8) is 0 Å². The zero-order valence-electron chi connectivity index (χ0n) is 9.00. The Morgan fingerprint density at radius 2 is 1.93 bits per heavy atom. The molecule has 0 aromatic heterocycles. The maximum absolute atomic E-state index is 11.0. The fourth-order valence-corrected chi connectivity index (χ4v) is 1.33. The zero-order chi connectivity index (χ0) is 10.6. The molecule has 0 bridgehead atoms. The van der Waals surface area contributed by atoms with Crippen LogP contribution in [0.5, 0.6) is 0 Å². The molecule has 1 aromatic carbocycles. The summed E-state index contributed by atoms with van der Waals surface area (Å²) >= 11 is 0. The van der Waals surface area contributed by atoms with E-state index in [2.05, 4.69) is 12.2 Å². The first-order valence-corrected chi connectivity index (χ1v) is 4.90. The van der Waals surface area contributed by atoms with Crippen LogP contribution < -0.4 is 5.32 Å². The third-order valence-electron chi connectivity index (χ3n) is 2.40. The Bertz CT molecular complexity index is 303. The lowest BCUT2D eigenvalue weighted by molar-refractivity contribution is 0.101. The van der Waals surface area contributed by atoms with Crippen molar-refractivity contribution < 1.29 is 4.79 Å². The first kappa shape index (κ1) is 10.9. The van der Waals surface area contributed by atoms with Gasteiger partial charge in [-0.2, -0.15) is 0 Å². The summed E-state index contributed by atoms with van der Waals surface area (Å²) in [6, 6.07) is 8.29. The fourth-order valence-electron chi connectivity index (χ4n) is 1.33. The van der Waals surface area contributed by atoms with E-state index in [1.165, 1.54) is 5.56 Å². The van der Waals surface area contributed by atoms with Crippen LogP contribution in [0.25, 0.3) is 0 Å². The molecule has 0 aliphatic heterocycles. The minimum Gasteiger partial charge on any atom is -0.317 e. The molecule has 0 aliphatic rings. The molecular formula is C12H17NO. The lowest BCUT2D eigenvalue weighted by atomic mass is 10.0. The molecule has 0 saturated carbocycles. The highest BCUT2D eigenvalue weighted by Gasteiger charge is 2.02. The van der Waals surface area contributed by atoms with Crippen LogP contribution in [0.2, 0.25) is 0 Å². The Balaban J connectivity index is 2.68. The molecule has 0 heterocycles. The predicted octanol–water partition coefficient (Wildman–Crippen LogP) is 2.04. The SMILES string of the molecule is CNC(C)Cc1ccc(C(C)=O)cc1. The molecule has 2 nitrogen and oxygen atoms in total. The number of hydrogen-bond acceptors (Lipinski definition) is 2. The Morgan fingerprint density at radius 3 is 2.36 bits per heavy atom. The number of Topliss-reactive ketones (excluding diaryl/α,β-unsaturated/α-hetero) is 1. The quantitative estimate of drug-likeness (QED) is 0.738. The molecule has 0 saturated heterocycles. The summed E-state index contributed by atoms with van der Waals surface area (Å²) in [7, 11) is 1.95. The second-order valence-corrected chi connectivity index (χ2v) is 3.65. The molecular weight excluding hydrogens is 174 g/mol. The van der Waals surface area contributed by atoms with Crippen LogP contribution in [0.15, 0.2) is 24.3 Å². The largest absolute Gasteiger partial charge is 0.317 e. The van der Waals surface area contributed by atoms with E-state index in [1.807, 2.05) is 31.3 Å². The molecule has 0 aliphatic carbocycles. The van der Waals surface area contributed by atoms with Crippen molar-refractivity contribution in [1.29, 1.82) is 0 Å². The molecule has 14 heavy (non-hydrogen) atoms. The van der Waals surface area contributed by atoms with Crippen LogP contribution in [0, 0.1) is 0 Å². The summed E-state index contributed by atoms with van der Waals surface area (Å²) in [6.07, 6.45) is 0.995. The van der Waals surface area contributed by atoms with Gasteiger partial charge in [0.25, 0.3) is 0 Å². The number of nitrogens with one attached hydrogen (secondary N) is 1. The third kappa shape index (κ3) is 2.96. The lowest BCUT2D eigenvalue weighted by Crippen LogP contribution is -2.23. The highest BCUT2D eigenvalue weighted by molar-refractivity contribution is 5.93.